The summed E-state index contributed by atoms with van der Waals surface area (Å²) < 4.78 is 51.2. The minimum Gasteiger partial charge on any atom is -0.490 e. The van der Waals surface area contributed by atoms with Gasteiger partial charge >= 0.3 is 12.1 Å². The van der Waals surface area contributed by atoms with Crippen LogP contribution in [0.25, 0.3) is 0 Å². The lowest BCUT2D eigenvalue weighted by atomic mass is 9.56. The number of halogens is 3. The Hall–Kier alpha value is -5.02. The van der Waals surface area contributed by atoms with Gasteiger partial charge in [0.25, 0.3) is 5.91 Å². The second-order valence-electron chi connectivity index (χ2n) is 16.7. The minimum atomic E-state index is -5.05. The van der Waals surface area contributed by atoms with Gasteiger partial charge in [-0.05, 0) is 85.6 Å². The Balaban J connectivity index is 1.08. The van der Waals surface area contributed by atoms with E-state index in [0.717, 1.165) is 31.0 Å². The van der Waals surface area contributed by atoms with E-state index in [-0.39, 0.29) is 30.4 Å². The molecule has 13 nitrogen and oxygen atoms in total. The number of carboxylic acids is 1. The Morgan fingerprint density at radius 2 is 1.71 bits per heavy atom. The first kappa shape index (κ1) is 37.9. The number of benzene rings is 1. The summed E-state index contributed by atoms with van der Waals surface area (Å²) in [6.45, 7) is 7.76. The van der Waals surface area contributed by atoms with Gasteiger partial charge in [0.15, 0.2) is 5.69 Å². The number of alkyl halides is 3. The number of likely N-dealkylation sites (tertiary alicyclic amines) is 1. The van der Waals surface area contributed by atoms with Gasteiger partial charge in [-0.3, -0.25) is 9.59 Å². The number of carbonyl (C=O) groups is 3. The smallest absolute Gasteiger partial charge is 0.434 e. The maximum atomic E-state index is 14.9. The summed E-state index contributed by atoms with van der Waals surface area (Å²) in [4.78, 5) is 61.9. The Kier molecular flexibility index (Phi) is 9.59. The molecular weight excluding hydrogens is 729 g/mol. The second-order valence-corrected chi connectivity index (χ2v) is 16.7. The normalized spacial score (nSPS) is 29.0. The first-order chi connectivity index (χ1) is 26.7. The number of ether oxygens (including phenoxy) is 1. The lowest BCUT2D eigenvalue weighted by molar-refractivity contribution is -0.155. The number of aromatic nitrogens is 4. The molecule has 16 heteroatoms. The molecule has 1 spiro atoms. The number of fused-ring (bicyclic) bond motifs is 4. The standard InChI is InChI=1S/C40H47F3N8O5/c1-23-15-26-17-24(2)39(35(54)55,27(16-23)18-26)48-34(53)30-20-46-37(47-33(30)40(41,42)43)51-22-38(9-14-50(21-38)25(3)52)31-19-29(5-6-32(31)51)56-28-7-12-49(13-8-28)36-44-10-4-11-45-36/h4-6,10-11,19-20,23-24,26-28H,7-9,12-18,21-22H2,1-3H3,(H,48,53)(H,54,55). The fourth-order valence-electron chi connectivity index (χ4n) is 10.4. The van der Waals surface area contributed by atoms with E-state index in [4.69, 9.17) is 4.74 Å². The summed E-state index contributed by atoms with van der Waals surface area (Å²) in [5.74, 6) is -1.82. The van der Waals surface area contributed by atoms with Crippen molar-refractivity contribution in [3.8, 4) is 5.75 Å². The van der Waals surface area contributed by atoms with E-state index in [0.29, 0.717) is 75.2 Å². The zero-order valence-corrected chi connectivity index (χ0v) is 31.8. The third-order valence-electron chi connectivity index (χ3n) is 13.0. The largest absolute Gasteiger partial charge is 0.490 e. The van der Waals surface area contributed by atoms with Crippen LogP contribution in [-0.4, -0.2) is 92.1 Å². The Morgan fingerprint density at radius 3 is 2.39 bits per heavy atom. The zero-order chi connectivity index (χ0) is 39.6. The molecule has 5 aliphatic rings. The van der Waals surface area contributed by atoms with Crippen molar-refractivity contribution in [2.24, 2.45) is 23.7 Å². The molecule has 2 amide bonds. The van der Waals surface area contributed by atoms with Gasteiger partial charge in [-0.15, -0.1) is 0 Å². The maximum Gasteiger partial charge on any atom is 0.434 e. The molecule has 2 aliphatic carbocycles. The highest BCUT2D eigenvalue weighted by Crippen LogP contribution is 2.52. The van der Waals surface area contributed by atoms with Gasteiger partial charge in [0.05, 0.1) is 5.56 Å². The van der Waals surface area contributed by atoms with Crippen molar-refractivity contribution in [2.75, 3.05) is 42.5 Å². The van der Waals surface area contributed by atoms with Gasteiger partial charge in [0.1, 0.15) is 17.4 Å². The van der Waals surface area contributed by atoms with E-state index in [1.807, 2.05) is 13.0 Å². The number of hydrogen-bond acceptors (Lipinski definition) is 10. The van der Waals surface area contributed by atoms with Crippen LogP contribution >= 0.6 is 0 Å². The molecule has 298 valence electrons. The Labute approximate surface area is 323 Å². The first-order valence-corrected chi connectivity index (χ1v) is 19.5. The molecule has 56 heavy (non-hydrogen) atoms. The van der Waals surface area contributed by atoms with Crippen molar-refractivity contribution in [3.63, 3.8) is 0 Å². The van der Waals surface area contributed by atoms with Crippen molar-refractivity contribution in [1.29, 1.82) is 0 Å². The van der Waals surface area contributed by atoms with Crippen LogP contribution < -0.4 is 19.9 Å². The molecule has 6 unspecified atom stereocenters. The third kappa shape index (κ3) is 6.67. The number of aliphatic carboxylic acids is 1. The summed E-state index contributed by atoms with van der Waals surface area (Å²) in [5, 5.41) is 13.2. The number of nitrogens with one attached hydrogen (secondary N) is 1. The van der Waals surface area contributed by atoms with Crippen molar-refractivity contribution < 1.29 is 37.4 Å². The predicted octanol–water partition coefficient (Wildman–Crippen LogP) is 5.62. The second kappa shape index (κ2) is 14.2. The maximum absolute atomic E-state index is 14.9. The number of carboxylic acid groups (broad SMARTS) is 1. The summed E-state index contributed by atoms with van der Waals surface area (Å²) in [6.07, 6.45) is 3.88. The van der Waals surface area contributed by atoms with E-state index in [2.05, 4.69) is 30.2 Å². The number of rotatable bonds is 7. The highest BCUT2D eigenvalue weighted by Gasteiger charge is 2.57. The summed E-state index contributed by atoms with van der Waals surface area (Å²) in [7, 11) is 0. The number of amides is 2. The van der Waals surface area contributed by atoms with Crippen LogP contribution in [0.3, 0.4) is 0 Å². The lowest BCUT2D eigenvalue weighted by Gasteiger charge is -2.52. The summed E-state index contributed by atoms with van der Waals surface area (Å²) in [6, 6.07) is 7.27. The van der Waals surface area contributed by atoms with Gasteiger partial charge in [0.2, 0.25) is 17.8 Å². The first-order valence-electron chi connectivity index (χ1n) is 19.5. The Morgan fingerprint density at radius 1 is 0.964 bits per heavy atom. The SMILES string of the molecule is CC(=O)N1CCC2(C1)CN(c1ncc(C(=O)NC3(C(=O)O)C(C)CC4CC(C)CC3C4)c(C(F)(F)F)n1)c1ccc(OC3CCN(c4ncccn4)CC3)cc12. The van der Waals surface area contributed by atoms with Crippen molar-refractivity contribution in [2.45, 2.75) is 89.0 Å². The average molecular weight is 777 g/mol. The molecule has 0 radical (unpaired) electrons. The van der Waals surface area contributed by atoms with E-state index in [1.54, 1.807) is 47.3 Å². The average Bonchev–Trinajstić information content (AvgIpc) is 3.74. The topological polar surface area (TPSA) is 154 Å². The van der Waals surface area contributed by atoms with E-state index >= 15 is 0 Å². The van der Waals surface area contributed by atoms with E-state index < -0.39 is 52.1 Å². The molecular formula is C40H47F3N8O5. The van der Waals surface area contributed by atoms with Crippen molar-refractivity contribution in [3.05, 3.63) is 59.7 Å². The number of carbonyl (C=O) groups excluding carboxylic acids is 2. The van der Waals surface area contributed by atoms with Crippen molar-refractivity contribution >= 4 is 35.4 Å². The quantitative estimate of drug-likeness (QED) is 0.308. The molecule has 2 saturated heterocycles. The molecule has 2 N–H and O–H groups in total. The van der Waals surface area contributed by atoms with Crippen LogP contribution in [0.5, 0.6) is 5.75 Å². The molecule has 2 saturated carbocycles. The van der Waals surface area contributed by atoms with Crippen LogP contribution in [0.2, 0.25) is 0 Å². The van der Waals surface area contributed by atoms with Crippen LogP contribution in [0.4, 0.5) is 30.8 Å². The molecule has 6 atom stereocenters. The van der Waals surface area contributed by atoms with Gasteiger partial charge in [-0.25, -0.2) is 24.7 Å². The highest BCUT2D eigenvalue weighted by molar-refractivity contribution is 5.99. The van der Waals surface area contributed by atoms with Gasteiger partial charge in [-0.1, -0.05) is 13.8 Å². The molecule has 3 aliphatic heterocycles. The van der Waals surface area contributed by atoms with Crippen molar-refractivity contribution in [1.82, 2.24) is 30.2 Å². The fourth-order valence-corrected chi connectivity index (χ4v) is 10.4. The highest BCUT2D eigenvalue weighted by atomic mass is 19.4. The molecule has 5 heterocycles. The monoisotopic (exact) mass is 776 g/mol. The fraction of sp³-hybridized carbons (Fsp3) is 0.575. The summed E-state index contributed by atoms with van der Waals surface area (Å²) in [5.41, 5.74) is -3.21. The lowest BCUT2D eigenvalue weighted by Crippen LogP contribution is -2.66. The molecule has 8 rings (SSSR count). The number of anilines is 3. The molecule has 3 aromatic rings. The molecule has 2 bridgehead atoms. The molecule has 4 fully saturated rings. The summed E-state index contributed by atoms with van der Waals surface area (Å²) >= 11 is 0. The minimum absolute atomic E-state index is 0.0741. The van der Waals surface area contributed by atoms with E-state index in [1.165, 1.54) is 6.92 Å². The molecule has 2 aromatic heterocycles. The van der Waals surface area contributed by atoms with E-state index in [9.17, 15) is 32.7 Å². The molecule has 1 aromatic carbocycles. The number of nitrogens with zero attached hydrogens (tertiary/aromatic N) is 7. The van der Waals surface area contributed by atoms with Gasteiger partial charge in [-0.2, -0.15) is 13.2 Å². The van der Waals surface area contributed by atoms with Gasteiger partial charge in [0, 0.05) is 82.2 Å². The number of hydrogen-bond donors (Lipinski definition) is 2. The van der Waals surface area contributed by atoms with Gasteiger partial charge < -0.3 is 29.9 Å². The predicted molar refractivity (Wildman–Crippen MR) is 199 cm³/mol. The van der Waals surface area contributed by atoms with Crippen LogP contribution in [0.15, 0.2) is 42.9 Å². The van der Waals surface area contributed by atoms with Crippen LogP contribution in [-0.2, 0) is 21.2 Å². The Bertz CT molecular complexity index is 2010. The third-order valence-corrected chi connectivity index (χ3v) is 13.0. The van der Waals surface area contributed by atoms with Crippen LogP contribution in [0, 0.1) is 23.7 Å². The number of piperidine rings is 1. The van der Waals surface area contributed by atoms with Crippen LogP contribution in [0.1, 0.15) is 87.3 Å². The zero-order valence-electron chi connectivity index (χ0n) is 31.8.